The van der Waals surface area contributed by atoms with Crippen LogP contribution in [0.15, 0.2) is 12.7 Å². The highest BCUT2D eigenvalue weighted by molar-refractivity contribution is 6.18. The van der Waals surface area contributed by atoms with E-state index < -0.39 is 0 Å². The number of allylic oxidation sites excluding steroid dienone is 1. The zero-order valence-corrected chi connectivity index (χ0v) is 7.23. The summed E-state index contributed by atoms with van der Waals surface area (Å²) < 4.78 is 4.93. The van der Waals surface area contributed by atoms with Crippen LogP contribution < -0.4 is 0 Å². The number of rotatable bonds is 6. The fraction of sp³-hybridized carbons (Fsp3) is 0.750. The Bertz CT molecular complexity index is 83.3. The van der Waals surface area contributed by atoms with Crippen LogP contribution in [0.3, 0.4) is 0 Å². The monoisotopic (exact) mass is 162 g/mol. The fourth-order valence-corrected chi connectivity index (χ4v) is 1.06. The van der Waals surface area contributed by atoms with Crippen molar-refractivity contribution in [3.05, 3.63) is 12.7 Å². The van der Waals surface area contributed by atoms with Crippen LogP contribution in [0.1, 0.15) is 12.8 Å². The van der Waals surface area contributed by atoms with E-state index in [1.807, 2.05) is 6.08 Å². The van der Waals surface area contributed by atoms with Gasteiger partial charge in [-0.15, -0.1) is 18.2 Å². The first-order valence-corrected chi connectivity index (χ1v) is 4.04. The smallest absolute Gasteiger partial charge is 0.0465 e. The molecule has 0 heterocycles. The summed E-state index contributed by atoms with van der Waals surface area (Å²) in [5.41, 5.74) is 0. The Labute approximate surface area is 68.0 Å². The van der Waals surface area contributed by atoms with Gasteiger partial charge in [0, 0.05) is 19.6 Å². The summed E-state index contributed by atoms with van der Waals surface area (Å²) >= 11 is 5.68. The highest BCUT2D eigenvalue weighted by Crippen LogP contribution is 2.10. The second-order valence-corrected chi connectivity index (χ2v) is 2.63. The van der Waals surface area contributed by atoms with Crippen LogP contribution >= 0.6 is 11.6 Å². The first-order valence-electron chi connectivity index (χ1n) is 3.51. The van der Waals surface area contributed by atoms with E-state index in [-0.39, 0.29) is 0 Å². The molecule has 0 N–H and O–H groups in total. The molecule has 0 saturated heterocycles. The largest absolute Gasteiger partial charge is 0.385 e. The van der Waals surface area contributed by atoms with Gasteiger partial charge >= 0.3 is 0 Å². The molecule has 2 heteroatoms. The minimum atomic E-state index is 0.541. The molecule has 0 radical (unpaired) electrons. The fourth-order valence-electron chi connectivity index (χ4n) is 0.778. The molecule has 0 amide bonds. The number of hydrogen-bond acceptors (Lipinski definition) is 1. The molecule has 0 saturated carbocycles. The topological polar surface area (TPSA) is 9.23 Å². The molecule has 0 aromatic heterocycles. The Kier molecular flexibility index (Phi) is 7.09. The maximum atomic E-state index is 5.68. The molecule has 60 valence electrons. The summed E-state index contributed by atoms with van der Waals surface area (Å²) in [5, 5.41) is 0. The number of alkyl halides is 1. The van der Waals surface area contributed by atoms with Crippen LogP contribution in [0, 0.1) is 5.92 Å². The summed E-state index contributed by atoms with van der Waals surface area (Å²) in [5.74, 6) is 1.24. The highest BCUT2D eigenvalue weighted by Gasteiger charge is 2.03. The first kappa shape index (κ1) is 9.99. The van der Waals surface area contributed by atoms with E-state index in [1.165, 1.54) is 0 Å². The third-order valence-corrected chi connectivity index (χ3v) is 1.88. The summed E-state index contributed by atoms with van der Waals surface area (Å²) in [6, 6.07) is 0. The normalized spacial score (nSPS) is 13.0. The summed E-state index contributed by atoms with van der Waals surface area (Å²) in [6.45, 7) is 4.45. The minimum Gasteiger partial charge on any atom is -0.385 e. The number of methoxy groups -OCH3 is 1. The highest BCUT2D eigenvalue weighted by atomic mass is 35.5. The average Bonchev–Trinajstić information content (AvgIpc) is 1.98. The van der Waals surface area contributed by atoms with Gasteiger partial charge in [-0.2, -0.15) is 0 Å². The number of hydrogen-bond donors (Lipinski definition) is 0. The maximum Gasteiger partial charge on any atom is 0.0465 e. The van der Waals surface area contributed by atoms with Crippen LogP contribution in [0.2, 0.25) is 0 Å². The van der Waals surface area contributed by atoms with Crippen molar-refractivity contribution in [1.29, 1.82) is 0 Å². The van der Waals surface area contributed by atoms with E-state index in [2.05, 4.69) is 6.58 Å². The Balaban J connectivity index is 3.29. The number of halogens is 1. The van der Waals surface area contributed by atoms with Gasteiger partial charge in [-0.3, -0.25) is 0 Å². The molecule has 0 spiro atoms. The van der Waals surface area contributed by atoms with Crippen LogP contribution in [0.25, 0.3) is 0 Å². The van der Waals surface area contributed by atoms with Crippen molar-refractivity contribution < 1.29 is 4.74 Å². The molecule has 0 aliphatic carbocycles. The molecule has 1 atom stereocenters. The Morgan fingerprint density at radius 3 is 2.80 bits per heavy atom. The zero-order chi connectivity index (χ0) is 7.82. The average molecular weight is 163 g/mol. The SMILES string of the molecule is C=CCC(CCl)CCOC. The molecule has 0 fully saturated rings. The number of ether oxygens (including phenoxy) is 1. The lowest BCUT2D eigenvalue weighted by atomic mass is 10.1. The van der Waals surface area contributed by atoms with Crippen LogP contribution in [-0.2, 0) is 4.74 Å². The van der Waals surface area contributed by atoms with Gasteiger partial charge in [0.05, 0.1) is 0 Å². The summed E-state index contributed by atoms with van der Waals surface area (Å²) in [6.07, 6.45) is 3.93. The second kappa shape index (κ2) is 7.10. The van der Waals surface area contributed by atoms with Crippen molar-refractivity contribution in [3.8, 4) is 0 Å². The van der Waals surface area contributed by atoms with E-state index in [0.29, 0.717) is 11.8 Å². The summed E-state index contributed by atoms with van der Waals surface area (Å²) in [7, 11) is 1.71. The predicted octanol–water partition coefficient (Wildman–Crippen LogP) is 2.45. The van der Waals surface area contributed by atoms with E-state index in [0.717, 1.165) is 19.4 Å². The minimum absolute atomic E-state index is 0.541. The Morgan fingerprint density at radius 1 is 1.70 bits per heavy atom. The molecule has 0 aromatic carbocycles. The van der Waals surface area contributed by atoms with Crippen molar-refractivity contribution >= 4 is 11.6 Å². The molecule has 1 unspecified atom stereocenters. The van der Waals surface area contributed by atoms with Crippen molar-refractivity contribution in [3.63, 3.8) is 0 Å². The van der Waals surface area contributed by atoms with Crippen LogP contribution in [-0.4, -0.2) is 19.6 Å². The van der Waals surface area contributed by atoms with Crippen molar-refractivity contribution in [1.82, 2.24) is 0 Å². The molecule has 1 nitrogen and oxygen atoms in total. The van der Waals surface area contributed by atoms with Crippen molar-refractivity contribution in [2.75, 3.05) is 19.6 Å². The van der Waals surface area contributed by atoms with Gasteiger partial charge in [0.2, 0.25) is 0 Å². The van der Waals surface area contributed by atoms with E-state index in [1.54, 1.807) is 7.11 Å². The van der Waals surface area contributed by atoms with Gasteiger partial charge in [-0.1, -0.05) is 6.08 Å². The van der Waals surface area contributed by atoms with Crippen LogP contribution in [0.4, 0.5) is 0 Å². The van der Waals surface area contributed by atoms with Gasteiger partial charge in [0.25, 0.3) is 0 Å². The van der Waals surface area contributed by atoms with E-state index in [9.17, 15) is 0 Å². The lowest BCUT2D eigenvalue weighted by molar-refractivity contribution is 0.181. The van der Waals surface area contributed by atoms with E-state index in [4.69, 9.17) is 16.3 Å². The molecule has 0 rings (SSSR count). The Hall–Kier alpha value is -0.0100. The predicted molar refractivity (Wildman–Crippen MR) is 45.5 cm³/mol. The Morgan fingerprint density at radius 2 is 2.40 bits per heavy atom. The van der Waals surface area contributed by atoms with Crippen molar-refractivity contribution in [2.45, 2.75) is 12.8 Å². The lowest BCUT2D eigenvalue weighted by Crippen LogP contribution is -2.04. The third-order valence-electron chi connectivity index (χ3n) is 1.45. The van der Waals surface area contributed by atoms with Crippen molar-refractivity contribution in [2.24, 2.45) is 5.92 Å². The third kappa shape index (κ3) is 4.83. The molecular formula is C8H15ClO. The summed E-state index contributed by atoms with van der Waals surface area (Å²) in [4.78, 5) is 0. The maximum absolute atomic E-state index is 5.68. The first-order chi connectivity index (χ1) is 4.85. The molecule has 0 aromatic rings. The molecular weight excluding hydrogens is 148 g/mol. The van der Waals surface area contributed by atoms with Crippen LogP contribution in [0.5, 0.6) is 0 Å². The van der Waals surface area contributed by atoms with Gasteiger partial charge in [0.15, 0.2) is 0 Å². The van der Waals surface area contributed by atoms with Gasteiger partial charge < -0.3 is 4.74 Å². The quantitative estimate of drug-likeness (QED) is 0.431. The standard InChI is InChI=1S/C8H15ClO/c1-3-4-8(7-9)5-6-10-2/h3,8H,1,4-7H2,2H3. The molecule has 0 aliphatic rings. The lowest BCUT2D eigenvalue weighted by Gasteiger charge is -2.09. The van der Waals surface area contributed by atoms with Gasteiger partial charge in [0.1, 0.15) is 0 Å². The zero-order valence-electron chi connectivity index (χ0n) is 6.48. The second-order valence-electron chi connectivity index (χ2n) is 2.33. The molecule has 0 aliphatic heterocycles. The van der Waals surface area contributed by atoms with Gasteiger partial charge in [-0.25, -0.2) is 0 Å². The van der Waals surface area contributed by atoms with Gasteiger partial charge in [-0.05, 0) is 18.8 Å². The molecule has 0 bridgehead atoms. The molecule has 10 heavy (non-hydrogen) atoms. The van der Waals surface area contributed by atoms with E-state index >= 15 is 0 Å².